The zero-order valence-electron chi connectivity index (χ0n) is 14.6. The Hall–Kier alpha value is -1.27. The second-order valence-electron chi connectivity index (χ2n) is 6.98. The van der Waals surface area contributed by atoms with Gasteiger partial charge in [0.25, 0.3) is 0 Å². The van der Waals surface area contributed by atoms with Crippen molar-refractivity contribution in [3.8, 4) is 5.75 Å². The van der Waals surface area contributed by atoms with Crippen molar-refractivity contribution in [2.45, 2.75) is 38.9 Å². The van der Waals surface area contributed by atoms with Gasteiger partial charge < -0.3 is 14.7 Å². The molecule has 1 aliphatic heterocycles. The van der Waals surface area contributed by atoms with Crippen LogP contribution in [0, 0.1) is 25.7 Å². The molecule has 2 fully saturated rings. The van der Waals surface area contributed by atoms with Crippen molar-refractivity contribution in [3.63, 3.8) is 0 Å². The Morgan fingerprint density at radius 1 is 1.33 bits per heavy atom. The summed E-state index contributed by atoms with van der Waals surface area (Å²) in [6, 6.07) is 3.86. The molecule has 3 rings (SSSR count). The highest BCUT2D eigenvalue weighted by Crippen LogP contribution is 2.38. The van der Waals surface area contributed by atoms with Gasteiger partial charge in [-0.25, -0.2) is 0 Å². The molecule has 0 spiro atoms. The summed E-state index contributed by atoms with van der Waals surface area (Å²) in [5.41, 5.74) is 1.82. The van der Waals surface area contributed by atoms with Crippen molar-refractivity contribution in [1.29, 1.82) is 0 Å². The Kier molecular flexibility index (Phi) is 5.35. The van der Waals surface area contributed by atoms with E-state index in [0.717, 1.165) is 36.6 Å². The molecule has 24 heavy (non-hydrogen) atoms. The van der Waals surface area contributed by atoms with E-state index in [4.69, 9.17) is 4.74 Å². The third-order valence-electron chi connectivity index (χ3n) is 5.16. The van der Waals surface area contributed by atoms with Crippen LogP contribution in [0.25, 0.3) is 0 Å². The van der Waals surface area contributed by atoms with E-state index in [1.165, 1.54) is 0 Å². The van der Waals surface area contributed by atoms with Crippen LogP contribution in [0.4, 0.5) is 0 Å². The minimum atomic E-state index is -0.484. The maximum atomic E-state index is 12.1. The van der Waals surface area contributed by atoms with Crippen LogP contribution in [0.15, 0.2) is 12.1 Å². The van der Waals surface area contributed by atoms with E-state index in [-0.39, 0.29) is 12.0 Å². The van der Waals surface area contributed by atoms with Crippen LogP contribution in [0.2, 0.25) is 0 Å². The van der Waals surface area contributed by atoms with E-state index in [1.54, 1.807) is 11.8 Å². The van der Waals surface area contributed by atoms with E-state index in [1.807, 2.05) is 37.1 Å². The number of thioether (sulfide) groups is 1. The molecule has 1 aliphatic carbocycles. The summed E-state index contributed by atoms with van der Waals surface area (Å²) in [5, 5.41) is 10.5. The van der Waals surface area contributed by atoms with Gasteiger partial charge in [-0.3, -0.25) is 9.78 Å². The predicted molar refractivity (Wildman–Crippen MR) is 95.3 cm³/mol. The summed E-state index contributed by atoms with van der Waals surface area (Å²) in [7, 11) is 0. The second kappa shape index (κ2) is 7.31. The van der Waals surface area contributed by atoms with Crippen LogP contribution in [0.5, 0.6) is 5.75 Å². The highest BCUT2D eigenvalue weighted by atomic mass is 32.2. The summed E-state index contributed by atoms with van der Waals surface area (Å²) in [6.07, 6.45) is 2.75. The lowest BCUT2D eigenvalue weighted by molar-refractivity contribution is -0.127. The Morgan fingerprint density at radius 2 is 2.04 bits per heavy atom. The molecule has 2 aliphatic rings. The third kappa shape index (κ3) is 3.70. The number of hydrogen-bond acceptors (Lipinski definition) is 5. The van der Waals surface area contributed by atoms with Crippen molar-refractivity contribution in [2.24, 2.45) is 11.8 Å². The van der Waals surface area contributed by atoms with Gasteiger partial charge in [0, 0.05) is 18.8 Å². The molecule has 6 heteroatoms. The molecule has 1 aromatic rings. The first-order valence-corrected chi connectivity index (χ1v) is 9.93. The number of fused-ring (bicyclic) bond motifs is 1. The van der Waals surface area contributed by atoms with Crippen LogP contribution >= 0.6 is 11.8 Å². The van der Waals surface area contributed by atoms with Gasteiger partial charge in [-0.1, -0.05) is 0 Å². The molecule has 0 aromatic carbocycles. The summed E-state index contributed by atoms with van der Waals surface area (Å²) in [4.78, 5) is 18.5. The minimum absolute atomic E-state index is 0.211. The first kappa shape index (κ1) is 17.5. The fraction of sp³-hybridized carbons (Fsp3) is 0.667. The predicted octanol–water partition coefficient (Wildman–Crippen LogP) is 2.04. The highest BCUT2D eigenvalue weighted by molar-refractivity contribution is 7.99. The van der Waals surface area contributed by atoms with Gasteiger partial charge in [0.2, 0.25) is 5.91 Å². The summed E-state index contributed by atoms with van der Waals surface area (Å²) in [5.74, 6) is 2.31. The normalized spacial score (nSPS) is 29.4. The smallest absolute Gasteiger partial charge is 0.232 e. The zero-order chi connectivity index (χ0) is 17.3. The number of ether oxygens (including phenoxy) is 1. The summed E-state index contributed by atoms with van der Waals surface area (Å²) < 4.78 is 6.08. The van der Waals surface area contributed by atoms with Crippen LogP contribution < -0.4 is 4.74 Å². The molecule has 2 heterocycles. The fourth-order valence-corrected chi connectivity index (χ4v) is 4.33. The van der Waals surface area contributed by atoms with Crippen molar-refractivity contribution in [2.75, 3.05) is 25.1 Å². The van der Waals surface area contributed by atoms with Gasteiger partial charge >= 0.3 is 0 Å². The van der Waals surface area contributed by atoms with Gasteiger partial charge in [0.15, 0.2) is 0 Å². The maximum absolute atomic E-state index is 12.1. The second-order valence-corrected chi connectivity index (χ2v) is 7.85. The monoisotopic (exact) mass is 350 g/mol. The van der Waals surface area contributed by atoms with Crippen LogP contribution in [0.3, 0.4) is 0 Å². The first-order chi connectivity index (χ1) is 11.5. The lowest BCUT2D eigenvalue weighted by Gasteiger charge is -2.35. The lowest BCUT2D eigenvalue weighted by Crippen LogP contribution is -2.42. The molecule has 1 aromatic heterocycles. The Balaban J connectivity index is 1.65. The number of amides is 1. The number of carbonyl (C=O) groups is 1. The summed E-state index contributed by atoms with van der Waals surface area (Å²) in [6.45, 7) is 5.45. The van der Waals surface area contributed by atoms with Gasteiger partial charge in [-0.15, -0.1) is 0 Å². The molecule has 0 bridgehead atoms. The Bertz CT molecular complexity index is 610. The van der Waals surface area contributed by atoms with Crippen molar-refractivity contribution in [3.05, 3.63) is 23.5 Å². The van der Waals surface area contributed by atoms with Crippen LogP contribution in [-0.4, -0.2) is 58.2 Å². The molecule has 1 saturated heterocycles. The fourth-order valence-electron chi connectivity index (χ4n) is 3.90. The first-order valence-electron chi connectivity index (χ1n) is 8.53. The van der Waals surface area contributed by atoms with E-state index in [2.05, 4.69) is 4.98 Å². The molecule has 1 N–H and O–H groups in total. The number of hydrogen-bond donors (Lipinski definition) is 1. The van der Waals surface area contributed by atoms with E-state index in [9.17, 15) is 9.90 Å². The van der Waals surface area contributed by atoms with Crippen molar-refractivity contribution < 1.29 is 14.6 Å². The SMILES string of the molecule is CSCC(=O)N1C[C@H]2C[C@@H](Oc3ccc(C)nc3C)[C@H](O)C[C@H]2C1. The minimum Gasteiger partial charge on any atom is -0.486 e. The number of nitrogens with zero attached hydrogens (tertiary/aromatic N) is 2. The van der Waals surface area contributed by atoms with Gasteiger partial charge in [-0.2, -0.15) is 11.8 Å². The third-order valence-corrected chi connectivity index (χ3v) is 5.70. The Labute approximate surface area is 147 Å². The number of aromatic nitrogens is 1. The van der Waals surface area contributed by atoms with Gasteiger partial charge in [-0.05, 0) is 56.9 Å². The number of aryl methyl sites for hydroxylation is 2. The van der Waals surface area contributed by atoms with Gasteiger partial charge in [0.05, 0.1) is 17.6 Å². The van der Waals surface area contributed by atoms with Gasteiger partial charge in [0.1, 0.15) is 11.9 Å². The lowest BCUT2D eigenvalue weighted by atomic mass is 9.78. The molecule has 132 valence electrons. The highest BCUT2D eigenvalue weighted by Gasteiger charge is 2.43. The number of pyridine rings is 1. The maximum Gasteiger partial charge on any atom is 0.232 e. The number of likely N-dealkylation sites (tertiary alicyclic amines) is 1. The standard InChI is InChI=1S/C18H26N2O3S/c1-11-4-5-16(12(2)19-11)23-17-7-14-9-20(18(22)10-24-3)8-13(14)6-15(17)21/h4-5,13-15,17,21H,6-10H2,1-3H3/t13-,14+,15+,17+/m0/s1. The largest absolute Gasteiger partial charge is 0.486 e. The zero-order valence-corrected chi connectivity index (χ0v) is 15.4. The molecular weight excluding hydrogens is 324 g/mol. The summed E-state index contributed by atoms with van der Waals surface area (Å²) >= 11 is 1.56. The number of rotatable bonds is 4. The number of carbonyl (C=O) groups excluding carboxylic acids is 1. The number of aliphatic hydroxyl groups is 1. The average Bonchev–Trinajstić information content (AvgIpc) is 2.93. The van der Waals surface area contributed by atoms with E-state index >= 15 is 0 Å². The molecular formula is C18H26N2O3S. The van der Waals surface area contributed by atoms with E-state index in [0.29, 0.717) is 24.0 Å². The van der Waals surface area contributed by atoms with Crippen LogP contribution in [-0.2, 0) is 4.79 Å². The molecule has 5 nitrogen and oxygen atoms in total. The van der Waals surface area contributed by atoms with E-state index < -0.39 is 6.10 Å². The number of aliphatic hydroxyl groups excluding tert-OH is 1. The molecule has 4 atom stereocenters. The quantitative estimate of drug-likeness (QED) is 0.900. The topological polar surface area (TPSA) is 62.7 Å². The van der Waals surface area contributed by atoms with Crippen LogP contribution in [0.1, 0.15) is 24.2 Å². The molecule has 1 amide bonds. The average molecular weight is 350 g/mol. The van der Waals surface area contributed by atoms with Crippen molar-refractivity contribution >= 4 is 17.7 Å². The molecule has 0 radical (unpaired) electrons. The Morgan fingerprint density at radius 3 is 2.71 bits per heavy atom. The molecule has 1 saturated carbocycles. The molecule has 0 unspecified atom stereocenters. The van der Waals surface area contributed by atoms with Crippen molar-refractivity contribution in [1.82, 2.24) is 9.88 Å².